The number of hydrogen-bond acceptors (Lipinski definition) is 3. The molecule has 4 heteroatoms. The predicted molar refractivity (Wildman–Crippen MR) is 73.2 cm³/mol. The normalized spacial score (nSPS) is 25.5. The quantitative estimate of drug-likeness (QED) is 0.870. The molecule has 0 radical (unpaired) electrons. The third-order valence-corrected chi connectivity index (χ3v) is 4.00. The molecule has 0 bridgehead atoms. The van der Waals surface area contributed by atoms with Gasteiger partial charge in [0.15, 0.2) is 0 Å². The van der Waals surface area contributed by atoms with Crippen molar-refractivity contribution in [2.45, 2.75) is 32.5 Å². The number of piperazine rings is 1. The number of nitrogens with zero attached hydrogens (tertiary/aromatic N) is 2. The third kappa shape index (κ3) is 2.35. The van der Waals surface area contributed by atoms with Crippen molar-refractivity contribution >= 4 is 5.69 Å². The minimum absolute atomic E-state index is 0.200. The second-order valence-electron chi connectivity index (χ2n) is 5.21. The van der Waals surface area contributed by atoms with Crippen LogP contribution in [0.1, 0.15) is 19.4 Å². The molecule has 0 spiro atoms. The predicted octanol–water partition coefficient (Wildman–Crippen LogP) is 1.81. The lowest BCUT2D eigenvalue weighted by atomic mass is 10.1. The first kappa shape index (κ1) is 13.3. The van der Waals surface area contributed by atoms with Crippen LogP contribution in [-0.2, 0) is 6.54 Å². The van der Waals surface area contributed by atoms with Gasteiger partial charge in [-0.25, -0.2) is 4.39 Å². The Morgan fingerprint density at radius 2 is 1.89 bits per heavy atom. The topological polar surface area (TPSA) is 32.5 Å². The molecule has 3 nitrogen and oxygen atoms in total. The van der Waals surface area contributed by atoms with E-state index >= 15 is 0 Å². The fraction of sp³-hybridized carbons (Fsp3) is 0.571. The van der Waals surface area contributed by atoms with Crippen LogP contribution in [0.3, 0.4) is 0 Å². The van der Waals surface area contributed by atoms with Crippen molar-refractivity contribution in [2.75, 3.05) is 25.0 Å². The van der Waals surface area contributed by atoms with Gasteiger partial charge in [-0.2, -0.15) is 0 Å². The summed E-state index contributed by atoms with van der Waals surface area (Å²) in [5, 5.41) is 0. The zero-order valence-corrected chi connectivity index (χ0v) is 11.4. The maximum atomic E-state index is 13.8. The number of likely N-dealkylation sites (N-methyl/N-ethyl adjacent to an activating group) is 1. The summed E-state index contributed by atoms with van der Waals surface area (Å²) in [6, 6.07) is 6.13. The summed E-state index contributed by atoms with van der Waals surface area (Å²) in [6.07, 6.45) is 0. The molecule has 1 saturated heterocycles. The van der Waals surface area contributed by atoms with Gasteiger partial charge in [-0.05, 0) is 33.0 Å². The number of hydrogen-bond donors (Lipinski definition) is 1. The molecule has 1 aromatic carbocycles. The Morgan fingerprint density at radius 3 is 2.44 bits per heavy atom. The van der Waals surface area contributed by atoms with E-state index in [2.05, 4.69) is 30.7 Å². The van der Waals surface area contributed by atoms with E-state index in [0.717, 1.165) is 18.8 Å². The highest BCUT2D eigenvalue weighted by molar-refractivity contribution is 5.55. The lowest BCUT2D eigenvalue weighted by Crippen LogP contribution is -2.55. The first-order chi connectivity index (χ1) is 8.54. The zero-order chi connectivity index (χ0) is 13.3. The number of benzene rings is 1. The van der Waals surface area contributed by atoms with Crippen molar-refractivity contribution in [1.82, 2.24) is 4.90 Å². The summed E-state index contributed by atoms with van der Waals surface area (Å²) < 4.78 is 13.8. The van der Waals surface area contributed by atoms with Gasteiger partial charge in [-0.1, -0.05) is 6.07 Å². The van der Waals surface area contributed by atoms with E-state index in [-0.39, 0.29) is 12.4 Å². The monoisotopic (exact) mass is 251 g/mol. The van der Waals surface area contributed by atoms with E-state index in [9.17, 15) is 4.39 Å². The summed E-state index contributed by atoms with van der Waals surface area (Å²) in [7, 11) is 2.14. The first-order valence-corrected chi connectivity index (χ1v) is 6.49. The minimum atomic E-state index is -0.200. The van der Waals surface area contributed by atoms with Gasteiger partial charge in [0.2, 0.25) is 0 Å². The summed E-state index contributed by atoms with van der Waals surface area (Å²) >= 11 is 0. The summed E-state index contributed by atoms with van der Waals surface area (Å²) in [5.41, 5.74) is 7.25. The Labute approximate surface area is 108 Å². The first-order valence-electron chi connectivity index (χ1n) is 6.49. The molecule has 1 fully saturated rings. The van der Waals surface area contributed by atoms with Gasteiger partial charge in [0, 0.05) is 43.0 Å². The molecule has 2 atom stereocenters. The van der Waals surface area contributed by atoms with Crippen LogP contribution < -0.4 is 10.6 Å². The van der Waals surface area contributed by atoms with Crippen molar-refractivity contribution in [3.05, 3.63) is 29.6 Å². The molecule has 2 N–H and O–H groups in total. The van der Waals surface area contributed by atoms with Crippen LogP contribution >= 0.6 is 0 Å². The molecule has 0 saturated carbocycles. The van der Waals surface area contributed by atoms with Gasteiger partial charge >= 0.3 is 0 Å². The van der Waals surface area contributed by atoms with Gasteiger partial charge in [-0.15, -0.1) is 0 Å². The average molecular weight is 251 g/mol. The molecule has 1 aliphatic rings. The lowest BCUT2D eigenvalue weighted by molar-refractivity contribution is 0.170. The van der Waals surface area contributed by atoms with Crippen molar-refractivity contribution in [3.63, 3.8) is 0 Å². The Morgan fingerprint density at radius 1 is 1.28 bits per heavy atom. The Hall–Kier alpha value is -1.13. The third-order valence-electron chi connectivity index (χ3n) is 4.00. The van der Waals surface area contributed by atoms with Gasteiger partial charge in [-0.3, -0.25) is 4.90 Å². The molecule has 100 valence electrons. The van der Waals surface area contributed by atoms with E-state index in [1.807, 2.05) is 6.07 Å². The maximum Gasteiger partial charge on any atom is 0.129 e. The van der Waals surface area contributed by atoms with Crippen LogP contribution in [0.25, 0.3) is 0 Å². The van der Waals surface area contributed by atoms with Crippen LogP contribution in [0.4, 0.5) is 10.1 Å². The average Bonchev–Trinajstić information content (AvgIpc) is 2.35. The second-order valence-corrected chi connectivity index (χ2v) is 5.21. The van der Waals surface area contributed by atoms with Crippen molar-refractivity contribution in [3.8, 4) is 0 Å². The fourth-order valence-corrected chi connectivity index (χ4v) is 2.65. The highest BCUT2D eigenvalue weighted by atomic mass is 19.1. The van der Waals surface area contributed by atoms with E-state index in [0.29, 0.717) is 17.6 Å². The summed E-state index contributed by atoms with van der Waals surface area (Å²) in [4.78, 5) is 4.61. The standard InChI is InChI=1S/C14H22FN3/c1-10-8-18(9-11(2)17(10)3)14-6-4-5-13(15)12(14)7-16/h4-6,10-11H,7-9,16H2,1-3H3. The molecule has 18 heavy (non-hydrogen) atoms. The Bertz CT molecular complexity index is 410. The minimum Gasteiger partial charge on any atom is -0.368 e. The Kier molecular flexibility index (Phi) is 3.88. The maximum absolute atomic E-state index is 13.8. The van der Waals surface area contributed by atoms with Crippen LogP contribution in [0.15, 0.2) is 18.2 Å². The fourth-order valence-electron chi connectivity index (χ4n) is 2.65. The van der Waals surface area contributed by atoms with Gasteiger partial charge in [0.25, 0.3) is 0 Å². The van der Waals surface area contributed by atoms with Crippen LogP contribution in [0, 0.1) is 5.82 Å². The molecule has 1 aliphatic heterocycles. The molecule has 0 aromatic heterocycles. The van der Waals surface area contributed by atoms with Crippen LogP contribution in [-0.4, -0.2) is 37.1 Å². The van der Waals surface area contributed by atoms with Gasteiger partial charge in [0.05, 0.1) is 0 Å². The second kappa shape index (κ2) is 5.24. The molecular formula is C14H22FN3. The number of anilines is 1. The molecule has 1 aromatic rings. The molecule has 0 amide bonds. The van der Waals surface area contributed by atoms with E-state index < -0.39 is 0 Å². The van der Waals surface area contributed by atoms with Crippen molar-refractivity contribution in [2.24, 2.45) is 5.73 Å². The summed E-state index contributed by atoms with van der Waals surface area (Å²) in [5.74, 6) is -0.200. The van der Waals surface area contributed by atoms with Crippen molar-refractivity contribution < 1.29 is 4.39 Å². The zero-order valence-electron chi connectivity index (χ0n) is 11.4. The smallest absolute Gasteiger partial charge is 0.129 e. The highest BCUT2D eigenvalue weighted by Crippen LogP contribution is 2.26. The SMILES string of the molecule is CC1CN(c2cccc(F)c2CN)CC(C)N1C. The van der Waals surface area contributed by atoms with Gasteiger partial charge in [0.1, 0.15) is 5.82 Å². The number of nitrogens with two attached hydrogens (primary N) is 1. The number of rotatable bonds is 2. The van der Waals surface area contributed by atoms with Crippen LogP contribution in [0.2, 0.25) is 0 Å². The molecule has 0 aliphatic carbocycles. The molecule has 1 heterocycles. The lowest BCUT2D eigenvalue weighted by Gasteiger charge is -2.44. The van der Waals surface area contributed by atoms with Gasteiger partial charge < -0.3 is 10.6 Å². The van der Waals surface area contributed by atoms with E-state index in [4.69, 9.17) is 5.73 Å². The Balaban J connectivity index is 2.29. The molecule has 2 unspecified atom stereocenters. The largest absolute Gasteiger partial charge is 0.368 e. The van der Waals surface area contributed by atoms with Crippen LogP contribution in [0.5, 0.6) is 0 Å². The van der Waals surface area contributed by atoms with Crippen molar-refractivity contribution in [1.29, 1.82) is 0 Å². The van der Waals surface area contributed by atoms with E-state index in [1.54, 1.807) is 6.07 Å². The molecular weight excluding hydrogens is 229 g/mol. The van der Waals surface area contributed by atoms with E-state index in [1.165, 1.54) is 6.07 Å². The summed E-state index contributed by atoms with van der Waals surface area (Å²) in [6.45, 7) is 6.47. The number of halogens is 1. The molecule has 2 rings (SSSR count). The highest BCUT2D eigenvalue weighted by Gasteiger charge is 2.27.